The molecule has 1 aromatic rings. The van der Waals surface area contributed by atoms with Crippen LogP contribution in [-0.4, -0.2) is 4.98 Å². The van der Waals surface area contributed by atoms with Crippen LogP contribution in [0.2, 0.25) is 0 Å². The van der Waals surface area contributed by atoms with Crippen molar-refractivity contribution in [2.45, 2.75) is 6.92 Å². The Bertz CT molecular complexity index is 138. The van der Waals surface area contributed by atoms with Crippen molar-refractivity contribution in [1.82, 2.24) is 4.98 Å². The largest absolute Gasteiger partial charge is 0.257 e. The molecular weight excluding hydrogens is 105 g/mol. The van der Waals surface area contributed by atoms with Crippen molar-refractivity contribution in [3.63, 3.8) is 0 Å². The maximum absolute atomic E-state index is 4.02. The number of hydrogen-bond donors (Lipinski definition) is 0. The first-order chi connectivity index (χ1) is 3.39. The Kier molecular flexibility index (Phi) is 1.38. The molecule has 7 heavy (non-hydrogen) atoms. The summed E-state index contributed by atoms with van der Waals surface area (Å²) in [6.07, 6.45) is 1.81. The summed E-state index contributed by atoms with van der Waals surface area (Å²) in [5.74, 6) is 2.07. The zero-order chi connectivity index (χ0) is 5.11. The van der Waals surface area contributed by atoms with E-state index in [0.717, 1.165) is 0 Å². The van der Waals surface area contributed by atoms with Crippen molar-refractivity contribution in [3.8, 4) is 0 Å². The van der Waals surface area contributed by atoms with Gasteiger partial charge in [0.2, 0.25) is 0 Å². The van der Waals surface area contributed by atoms with E-state index in [1.54, 1.807) is 0 Å². The van der Waals surface area contributed by atoms with Gasteiger partial charge >= 0.3 is 0 Å². The summed E-state index contributed by atoms with van der Waals surface area (Å²) in [7, 11) is 1.23. The first kappa shape index (κ1) is 4.73. The van der Waals surface area contributed by atoms with Crippen LogP contribution in [-0.2, 0) is 0 Å². The zero-order valence-electron chi connectivity index (χ0n) is 4.13. The summed E-state index contributed by atoms with van der Waals surface area (Å²) >= 11 is 0. The first-order valence-electron chi connectivity index (χ1n) is 2.13. The Hall–Kier alpha value is -0.420. The van der Waals surface area contributed by atoms with Gasteiger partial charge in [0, 0.05) is 6.20 Å². The average Bonchev–Trinajstić information content (AvgIpc) is 1.69. The van der Waals surface area contributed by atoms with Gasteiger partial charge in [0.05, 0.1) is 5.43 Å². The number of hydrogen-bond acceptors (Lipinski definition) is 1. The Balaban J connectivity index is 3.02. The van der Waals surface area contributed by atoms with Crippen molar-refractivity contribution in [2.24, 2.45) is 0 Å². The second-order valence-corrected chi connectivity index (χ2v) is 2.50. The molecule has 0 spiro atoms. The van der Waals surface area contributed by atoms with Crippen LogP contribution in [0.5, 0.6) is 0 Å². The normalized spacial score (nSPS) is 9.86. The lowest BCUT2D eigenvalue weighted by atomic mass is 10.7. The highest BCUT2D eigenvalue weighted by atomic mass is 31.0. The molecule has 0 unspecified atom stereocenters. The Labute approximate surface area is 44.5 Å². The molecule has 0 fully saturated rings. The fraction of sp³-hybridized carbons (Fsp3) is 0.200. The number of aromatic nitrogens is 1. The average molecular weight is 111 g/mol. The lowest BCUT2D eigenvalue weighted by Crippen LogP contribution is -1.66. The lowest BCUT2D eigenvalue weighted by Gasteiger charge is -1.81. The number of rotatable bonds is 0. The summed E-state index contributed by atoms with van der Waals surface area (Å²) in [4.78, 5) is 4.02. The minimum atomic E-state index is 1.17. The minimum absolute atomic E-state index is 1.17. The molecule has 0 aliphatic rings. The van der Waals surface area contributed by atoms with Crippen molar-refractivity contribution in [2.75, 3.05) is 0 Å². The first-order valence-corrected chi connectivity index (χ1v) is 3.09. The summed E-state index contributed by atoms with van der Waals surface area (Å²) in [6.45, 7) is 2.02. The molecule has 0 radical (unpaired) electrons. The molecule has 1 nitrogen and oxygen atoms in total. The van der Waals surface area contributed by atoms with E-state index in [-0.39, 0.29) is 0 Å². The topological polar surface area (TPSA) is 12.9 Å². The van der Waals surface area contributed by atoms with E-state index in [4.69, 9.17) is 0 Å². The van der Waals surface area contributed by atoms with Crippen LogP contribution in [0.4, 0.5) is 0 Å². The molecule has 36 valence electrons. The molecule has 0 aliphatic heterocycles. The molecule has 2 heteroatoms. The molecular formula is C5H6NP. The molecule has 0 aromatic carbocycles. The molecule has 1 rings (SSSR count). The molecule has 0 amide bonds. The van der Waals surface area contributed by atoms with E-state index in [1.165, 1.54) is 13.6 Å². The smallest absolute Gasteiger partial charge is 0.0640 e. The maximum atomic E-state index is 4.02. The van der Waals surface area contributed by atoms with Crippen LogP contribution < -0.4 is 0 Å². The monoisotopic (exact) mass is 111 g/mol. The highest BCUT2D eigenvalue weighted by Gasteiger charge is 1.74. The molecule has 0 bridgehead atoms. The van der Waals surface area contributed by atoms with E-state index in [0.29, 0.717) is 0 Å². The van der Waals surface area contributed by atoms with Crippen LogP contribution >= 0.6 is 8.19 Å². The van der Waals surface area contributed by atoms with Gasteiger partial charge in [0.25, 0.3) is 0 Å². The quantitative estimate of drug-likeness (QED) is 0.498. The number of aryl methyl sites for hydroxylation is 1. The van der Waals surface area contributed by atoms with Gasteiger partial charge in [-0.05, 0) is 18.8 Å². The van der Waals surface area contributed by atoms with Gasteiger partial charge in [-0.2, -0.15) is 0 Å². The second kappa shape index (κ2) is 2.04. The predicted octanol–water partition coefficient (Wildman–Crippen LogP) is 1.97. The van der Waals surface area contributed by atoms with Crippen molar-refractivity contribution >= 4 is 8.19 Å². The van der Waals surface area contributed by atoms with Crippen molar-refractivity contribution in [1.29, 1.82) is 0 Å². The summed E-state index contributed by atoms with van der Waals surface area (Å²) in [5, 5.41) is 0. The lowest BCUT2D eigenvalue weighted by molar-refractivity contribution is 1.27. The van der Waals surface area contributed by atoms with Crippen molar-refractivity contribution in [3.05, 3.63) is 23.5 Å². The third-order valence-corrected chi connectivity index (χ3v) is 1.51. The standard InChI is InChI=1S/C5H6NP/c1-5-6-3-2-4-7-5/h2-4H,1H3. The third kappa shape index (κ3) is 1.24. The summed E-state index contributed by atoms with van der Waals surface area (Å²) in [6, 6.07) is 1.95. The van der Waals surface area contributed by atoms with Gasteiger partial charge < -0.3 is 0 Å². The Morgan fingerprint density at radius 2 is 2.57 bits per heavy atom. The maximum Gasteiger partial charge on any atom is 0.0640 e. The SMILES string of the molecule is Cc1ncccp1. The minimum Gasteiger partial charge on any atom is -0.257 e. The molecule has 0 aliphatic carbocycles. The van der Waals surface area contributed by atoms with Gasteiger partial charge in [0.15, 0.2) is 0 Å². The molecule has 0 saturated carbocycles. The van der Waals surface area contributed by atoms with Gasteiger partial charge in [-0.1, -0.05) is 8.19 Å². The van der Waals surface area contributed by atoms with Gasteiger partial charge in [-0.25, -0.2) is 0 Å². The van der Waals surface area contributed by atoms with Crippen LogP contribution in [0.3, 0.4) is 0 Å². The van der Waals surface area contributed by atoms with E-state index >= 15 is 0 Å². The molecule has 1 aromatic heterocycles. The summed E-state index contributed by atoms with van der Waals surface area (Å²) in [5.41, 5.74) is 1.17. The van der Waals surface area contributed by atoms with Gasteiger partial charge in [-0.15, -0.1) is 0 Å². The summed E-state index contributed by atoms with van der Waals surface area (Å²) < 4.78 is 0. The Morgan fingerprint density at radius 1 is 1.71 bits per heavy atom. The zero-order valence-corrected chi connectivity index (χ0v) is 5.02. The number of nitrogens with zero attached hydrogens (tertiary/aromatic N) is 1. The van der Waals surface area contributed by atoms with Crippen LogP contribution in [0.1, 0.15) is 5.43 Å². The molecule has 0 atom stereocenters. The van der Waals surface area contributed by atoms with E-state index in [1.807, 2.05) is 19.2 Å². The fourth-order valence-corrected chi connectivity index (χ4v) is 0.886. The van der Waals surface area contributed by atoms with E-state index in [2.05, 4.69) is 10.8 Å². The van der Waals surface area contributed by atoms with Crippen LogP contribution in [0, 0.1) is 6.92 Å². The van der Waals surface area contributed by atoms with E-state index < -0.39 is 0 Å². The fourth-order valence-electron chi connectivity index (χ4n) is 0.374. The van der Waals surface area contributed by atoms with Crippen molar-refractivity contribution < 1.29 is 0 Å². The van der Waals surface area contributed by atoms with Gasteiger partial charge in [0.1, 0.15) is 0 Å². The highest BCUT2D eigenvalue weighted by Crippen LogP contribution is 2.04. The highest BCUT2D eigenvalue weighted by molar-refractivity contribution is 7.29. The Morgan fingerprint density at radius 3 is 2.86 bits per heavy atom. The molecule has 0 N–H and O–H groups in total. The van der Waals surface area contributed by atoms with Crippen LogP contribution in [0.25, 0.3) is 0 Å². The molecule has 0 saturated heterocycles. The second-order valence-electron chi connectivity index (χ2n) is 1.30. The van der Waals surface area contributed by atoms with Gasteiger partial charge in [-0.3, -0.25) is 4.98 Å². The molecule has 1 heterocycles. The predicted molar refractivity (Wildman–Crippen MR) is 31.5 cm³/mol. The van der Waals surface area contributed by atoms with E-state index in [9.17, 15) is 0 Å². The van der Waals surface area contributed by atoms with Crippen LogP contribution in [0.15, 0.2) is 18.1 Å². The third-order valence-electron chi connectivity index (χ3n) is 0.695.